The molecule has 6 heteroatoms. The van der Waals surface area contributed by atoms with Crippen LogP contribution < -0.4 is 14.8 Å². The highest BCUT2D eigenvalue weighted by Crippen LogP contribution is 2.32. The summed E-state index contributed by atoms with van der Waals surface area (Å²) >= 11 is 1.67. The summed E-state index contributed by atoms with van der Waals surface area (Å²) in [4.78, 5) is 14.3. The SMILES string of the molecule is COC(CNC(=O)C=Cc1ccc2c(c1)OCO2)c1ccc(C)s1. The molecule has 2 aromatic rings. The van der Waals surface area contributed by atoms with Crippen molar-refractivity contribution in [3.8, 4) is 11.5 Å². The van der Waals surface area contributed by atoms with Gasteiger partial charge in [-0.15, -0.1) is 11.3 Å². The summed E-state index contributed by atoms with van der Waals surface area (Å²) in [7, 11) is 1.65. The first-order valence-corrected chi connectivity index (χ1v) is 8.42. The maximum absolute atomic E-state index is 12.0. The molecule has 0 spiro atoms. The first kappa shape index (κ1) is 16.5. The third-order valence-electron chi connectivity index (χ3n) is 3.65. The number of amides is 1. The summed E-state index contributed by atoms with van der Waals surface area (Å²) in [5, 5.41) is 2.86. The first-order chi connectivity index (χ1) is 11.7. The van der Waals surface area contributed by atoms with Crippen molar-refractivity contribution in [3.05, 3.63) is 51.7 Å². The molecule has 0 saturated carbocycles. The van der Waals surface area contributed by atoms with Gasteiger partial charge in [0.15, 0.2) is 11.5 Å². The second kappa shape index (κ2) is 7.51. The van der Waals surface area contributed by atoms with Crippen LogP contribution in [0.25, 0.3) is 6.08 Å². The summed E-state index contributed by atoms with van der Waals surface area (Å²) in [6.07, 6.45) is 3.12. The zero-order valence-corrected chi connectivity index (χ0v) is 14.4. The van der Waals surface area contributed by atoms with E-state index in [1.165, 1.54) is 11.0 Å². The molecule has 0 bridgehead atoms. The number of nitrogens with one attached hydrogen (secondary N) is 1. The lowest BCUT2D eigenvalue weighted by atomic mass is 10.2. The Hall–Kier alpha value is -2.31. The molecule has 1 aliphatic heterocycles. The molecule has 1 unspecified atom stereocenters. The van der Waals surface area contributed by atoms with Crippen LogP contribution in [-0.4, -0.2) is 26.4 Å². The van der Waals surface area contributed by atoms with Crippen molar-refractivity contribution in [3.63, 3.8) is 0 Å². The largest absolute Gasteiger partial charge is 0.454 e. The Morgan fingerprint density at radius 3 is 2.92 bits per heavy atom. The van der Waals surface area contributed by atoms with Gasteiger partial charge in [-0.2, -0.15) is 0 Å². The Morgan fingerprint density at radius 2 is 2.17 bits per heavy atom. The Labute approximate surface area is 144 Å². The number of rotatable bonds is 6. The molecule has 0 aliphatic carbocycles. The zero-order valence-electron chi connectivity index (χ0n) is 13.6. The highest BCUT2D eigenvalue weighted by atomic mass is 32.1. The van der Waals surface area contributed by atoms with Crippen molar-refractivity contribution in [1.82, 2.24) is 5.32 Å². The van der Waals surface area contributed by atoms with Crippen molar-refractivity contribution in [2.75, 3.05) is 20.4 Å². The van der Waals surface area contributed by atoms with Crippen molar-refractivity contribution >= 4 is 23.3 Å². The molecule has 0 radical (unpaired) electrons. The van der Waals surface area contributed by atoms with Gasteiger partial charge >= 0.3 is 0 Å². The van der Waals surface area contributed by atoms with E-state index in [1.54, 1.807) is 24.5 Å². The van der Waals surface area contributed by atoms with Crippen LogP contribution in [0.1, 0.15) is 21.4 Å². The molecule has 24 heavy (non-hydrogen) atoms. The first-order valence-electron chi connectivity index (χ1n) is 7.60. The summed E-state index contributed by atoms with van der Waals surface area (Å²) in [5.74, 6) is 1.26. The second-order valence-electron chi connectivity index (χ2n) is 5.36. The maximum Gasteiger partial charge on any atom is 0.244 e. The van der Waals surface area contributed by atoms with Gasteiger partial charge in [0.2, 0.25) is 12.7 Å². The molecular formula is C18H19NO4S. The van der Waals surface area contributed by atoms with E-state index in [1.807, 2.05) is 37.3 Å². The minimum atomic E-state index is -0.164. The van der Waals surface area contributed by atoms with Gasteiger partial charge in [-0.1, -0.05) is 6.07 Å². The molecule has 0 saturated heterocycles. The van der Waals surface area contributed by atoms with Crippen LogP contribution in [0.5, 0.6) is 11.5 Å². The van der Waals surface area contributed by atoms with Gasteiger partial charge in [0.1, 0.15) is 6.10 Å². The van der Waals surface area contributed by atoms with Crippen molar-refractivity contribution in [2.24, 2.45) is 0 Å². The fourth-order valence-corrected chi connectivity index (χ4v) is 3.32. The van der Waals surface area contributed by atoms with E-state index in [4.69, 9.17) is 14.2 Å². The van der Waals surface area contributed by atoms with Crippen LogP contribution in [0.4, 0.5) is 0 Å². The predicted molar refractivity (Wildman–Crippen MR) is 93.4 cm³/mol. The molecule has 126 valence electrons. The lowest BCUT2D eigenvalue weighted by Gasteiger charge is -2.13. The van der Waals surface area contributed by atoms with Crippen LogP contribution in [0.3, 0.4) is 0 Å². The molecule has 1 aromatic carbocycles. The highest BCUT2D eigenvalue weighted by molar-refractivity contribution is 7.12. The fraction of sp³-hybridized carbons (Fsp3) is 0.278. The van der Waals surface area contributed by atoms with Crippen molar-refractivity contribution in [2.45, 2.75) is 13.0 Å². The smallest absolute Gasteiger partial charge is 0.244 e. The van der Waals surface area contributed by atoms with Gasteiger partial charge in [0.05, 0.1) is 0 Å². The molecule has 1 amide bonds. The van der Waals surface area contributed by atoms with E-state index in [0.29, 0.717) is 12.3 Å². The van der Waals surface area contributed by atoms with Crippen LogP contribution in [0.15, 0.2) is 36.4 Å². The normalized spacial score (nSPS) is 14.1. The van der Waals surface area contributed by atoms with Gasteiger partial charge in [-0.05, 0) is 42.8 Å². The van der Waals surface area contributed by atoms with E-state index in [-0.39, 0.29) is 18.8 Å². The minimum Gasteiger partial charge on any atom is -0.454 e. The average Bonchev–Trinajstić information content (AvgIpc) is 3.22. The lowest BCUT2D eigenvalue weighted by Crippen LogP contribution is -2.27. The number of ether oxygens (including phenoxy) is 3. The molecule has 2 heterocycles. The third kappa shape index (κ3) is 3.96. The van der Waals surface area contributed by atoms with E-state index in [2.05, 4.69) is 5.32 Å². The number of hydrogen-bond donors (Lipinski definition) is 1. The van der Waals surface area contributed by atoms with E-state index in [0.717, 1.165) is 16.2 Å². The van der Waals surface area contributed by atoms with Crippen LogP contribution in [0.2, 0.25) is 0 Å². The predicted octanol–water partition coefficient (Wildman–Crippen LogP) is 3.30. The number of fused-ring (bicyclic) bond motifs is 1. The molecule has 0 fully saturated rings. The van der Waals surface area contributed by atoms with Crippen LogP contribution in [-0.2, 0) is 9.53 Å². The lowest BCUT2D eigenvalue weighted by molar-refractivity contribution is -0.117. The monoisotopic (exact) mass is 345 g/mol. The molecule has 1 N–H and O–H groups in total. The third-order valence-corrected chi connectivity index (χ3v) is 4.74. The molecule has 1 atom stereocenters. The molecule has 1 aliphatic rings. The Balaban J connectivity index is 1.55. The molecule has 1 aromatic heterocycles. The van der Waals surface area contributed by atoms with Crippen LogP contribution in [0, 0.1) is 6.92 Å². The number of methoxy groups -OCH3 is 1. The van der Waals surface area contributed by atoms with Gasteiger partial charge in [0, 0.05) is 29.5 Å². The minimum absolute atomic E-state index is 0.133. The number of carbonyl (C=O) groups is 1. The Bertz CT molecular complexity index is 753. The highest BCUT2D eigenvalue weighted by Gasteiger charge is 2.14. The number of hydrogen-bond acceptors (Lipinski definition) is 5. The Kier molecular flexibility index (Phi) is 5.17. The number of benzene rings is 1. The second-order valence-corrected chi connectivity index (χ2v) is 6.68. The van der Waals surface area contributed by atoms with Crippen molar-refractivity contribution in [1.29, 1.82) is 0 Å². The number of thiophene rings is 1. The summed E-state index contributed by atoms with van der Waals surface area (Å²) < 4.78 is 16.0. The maximum atomic E-state index is 12.0. The topological polar surface area (TPSA) is 56.8 Å². The number of aryl methyl sites for hydroxylation is 1. The van der Waals surface area contributed by atoms with Crippen LogP contribution >= 0.6 is 11.3 Å². The summed E-state index contributed by atoms with van der Waals surface area (Å²) in [6, 6.07) is 9.64. The van der Waals surface area contributed by atoms with Gasteiger partial charge < -0.3 is 19.5 Å². The zero-order chi connectivity index (χ0) is 16.9. The fourth-order valence-electron chi connectivity index (χ4n) is 2.37. The summed E-state index contributed by atoms with van der Waals surface area (Å²) in [5.41, 5.74) is 0.881. The molecule has 5 nitrogen and oxygen atoms in total. The van der Waals surface area contributed by atoms with Gasteiger partial charge in [-0.3, -0.25) is 4.79 Å². The van der Waals surface area contributed by atoms with Gasteiger partial charge in [0.25, 0.3) is 0 Å². The standard InChI is InChI=1S/C18H19NO4S/c1-12-3-7-17(24-12)16(21-2)10-19-18(20)8-5-13-4-6-14-15(9-13)23-11-22-14/h3-9,16H,10-11H2,1-2H3,(H,19,20). The van der Waals surface area contributed by atoms with Crippen molar-refractivity contribution < 1.29 is 19.0 Å². The summed E-state index contributed by atoms with van der Waals surface area (Å²) in [6.45, 7) is 2.72. The van der Waals surface area contributed by atoms with E-state index < -0.39 is 0 Å². The van der Waals surface area contributed by atoms with E-state index >= 15 is 0 Å². The molecule has 3 rings (SSSR count). The van der Waals surface area contributed by atoms with Gasteiger partial charge in [-0.25, -0.2) is 0 Å². The number of carbonyl (C=O) groups excluding carboxylic acids is 1. The average molecular weight is 345 g/mol. The quantitative estimate of drug-likeness (QED) is 0.816. The molecular weight excluding hydrogens is 326 g/mol. The van der Waals surface area contributed by atoms with E-state index in [9.17, 15) is 4.79 Å². The Morgan fingerprint density at radius 1 is 1.33 bits per heavy atom.